The molecule has 4 bridgehead atoms. The van der Waals surface area contributed by atoms with Crippen molar-refractivity contribution in [2.45, 2.75) is 57.1 Å². The number of amides is 2. The van der Waals surface area contributed by atoms with E-state index >= 15 is 0 Å². The summed E-state index contributed by atoms with van der Waals surface area (Å²) in [6.45, 7) is 1.26. The highest BCUT2D eigenvalue weighted by molar-refractivity contribution is 5.99. The summed E-state index contributed by atoms with van der Waals surface area (Å²) in [7, 11) is 3.78. The van der Waals surface area contributed by atoms with Gasteiger partial charge in [0, 0.05) is 44.2 Å². The minimum atomic E-state index is -0.698. The van der Waals surface area contributed by atoms with Gasteiger partial charge in [-0.25, -0.2) is 9.07 Å². The van der Waals surface area contributed by atoms with Crippen molar-refractivity contribution in [3.05, 3.63) is 89.6 Å². The molecule has 3 aromatic carbocycles. The van der Waals surface area contributed by atoms with Crippen molar-refractivity contribution in [1.82, 2.24) is 29.4 Å². The summed E-state index contributed by atoms with van der Waals surface area (Å²) in [5.41, 5.74) is 5.91. The summed E-state index contributed by atoms with van der Waals surface area (Å²) in [5, 5.41) is 10.5. The second kappa shape index (κ2) is 12.7. The fraction of sp³-hybridized carbons (Fsp3) is 0.368. The molecule has 0 aliphatic carbocycles. The number of carbonyl (C=O) groups is 2. The zero-order valence-corrected chi connectivity index (χ0v) is 27.8. The van der Waals surface area contributed by atoms with Crippen LogP contribution in [0.3, 0.4) is 0 Å². The van der Waals surface area contributed by atoms with Crippen molar-refractivity contribution in [2.75, 3.05) is 26.7 Å². The van der Waals surface area contributed by atoms with Crippen molar-refractivity contribution in [1.29, 1.82) is 0 Å². The Hall–Kier alpha value is -5.19. The van der Waals surface area contributed by atoms with Crippen LogP contribution in [0, 0.1) is 5.82 Å². The molecule has 10 nitrogen and oxygen atoms in total. The molecule has 2 aromatic heterocycles. The number of aryl methyl sites for hydroxylation is 2. The van der Waals surface area contributed by atoms with Gasteiger partial charge in [-0.2, -0.15) is 10.2 Å². The number of likely N-dealkylation sites (tertiary alicyclic amines) is 1. The maximum absolute atomic E-state index is 14.6. The van der Waals surface area contributed by atoms with Crippen molar-refractivity contribution >= 4 is 22.7 Å². The minimum absolute atomic E-state index is 0.115. The van der Waals surface area contributed by atoms with Crippen molar-refractivity contribution in [3.63, 3.8) is 0 Å². The molecule has 252 valence electrons. The van der Waals surface area contributed by atoms with Gasteiger partial charge in [-0.3, -0.25) is 14.3 Å². The molecule has 1 fully saturated rings. The van der Waals surface area contributed by atoms with Crippen LogP contribution in [0.4, 0.5) is 4.39 Å². The van der Waals surface area contributed by atoms with Crippen molar-refractivity contribution < 1.29 is 23.5 Å². The Morgan fingerprint density at radius 2 is 1.82 bits per heavy atom. The third-order valence-corrected chi connectivity index (χ3v) is 10.1. The Morgan fingerprint density at radius 1 is 0.959 bits per heavy atom. The Balaban J connectivity index is 1.15. The number of halogens is 1. The Morgan fingerprint density at radius 3 is 2.71 bits per heavy atom. The smallest absolute Gasteiger partial charge is 0.258 e. The highest BCUT2D eigenvalue weighted by Crippen LogP contribution is 2.36. The highest BCUT2D eigenvalue weighted by Gasteiger charge is 2.43. The van der Waals surface area contributed by atoms with E-state index in [9.17, 15) is 14.0 Å². The van der Waals surface area contributed by atoms with Crippen LogP contribution in [0.25, 0.3) is 27.7 Å². The lowest BCUT2D eigenvalue weighted by atomic mass is 9.98. The molecule has 5 aromatic rings. The highest BCUT2D eigenvalue weighted by atomic mass is 19.1. The van der Waals surface area contributed by atoms with E-state index < -0.39 is 18.0 Å². The molecule has 2 amide bonds. The molecule has 0 radical (unpaired) electrons. The van der Waals surface area contributed by atoms with Crippen LogP contribution in [0.1, 0.15) is 53.8 Å². The Kier molecular flexibility index (Phi) is 8.05. The predicted molar refractivity (Wildman–Crippen MR) is 183 cm³/mol. The van der Waals surface area contributed by atoms with E-state index in [1.54, 1.807) is 26.7 Å². The second-order valence-corrected chi connectivity index (χ2v) is 13.3. The molecule has 8 rings (SSSR count). The zero-order chi connectivity index (χ0) is 33.6. The van der Waals surface area contributed by atoms with Crippen LogP contribution >= 0.6 is 0 Å². The van der Waals surface area contributed by atoms with E-state index in [1.807, 2.05) is 49.1 Å². The summed E-state index contributed by atoms with van der Waals surface area (Å²) in [5.74, 6) is 0.293. The molecule has 11 heteroatoms. The normalized spacial score (nSPS) is 19.7. The molecule has 0 saturated carbocycles. The number of aromatic nitrogens is 4. The first-order valence-corrected chi connectivity index (χ1v) is 17.1. The number of fused-ring (bicyclic) bond motifs is 8. The first kappa shape index (κ1) is 31.1. The first-order chi connectivity index (χ1) is 23.9. The third kappa shape index (κ3) is 5.70. The topological polar surface area (TPSA) is 94.7 Å². The molecule has 49 heavy (non-hydrogen) atoms. The number of ether oxygens (including phenoxy) is 2. The minimum Gasteiger partial charge on any atom is -0.491 e. The van der Waals surface area contributed by atoms with Crippen LogP contribution in [-0.4, -0.2) is 80.1 Å². The number of benzene rings is 3. The molecule has 5 heterocycles. The summed E-state index contributed by atoms with van der Waals surface area (Å²) >= 11 is 0. The van der Waals surface area contributed by atoms with Gasteiger partial charge in [-0.15, -0.1) is 0 Å². The van der Waals surface area contributed by atoms with Gasteiger partial charge >= 0.3 is 0 Å². The molecular formula is C38H39FN6O4. The monoisotopic (exact) mass is 662 g/mol. The van der Waals surface area contributed by atoms with Gasteiger partial charge in [0.15, 0.2) is 0 Å². The molecule has 2 atom stereocenters. The van der Waals surface area contributed by atoms with Gasteiger partial charge in [-0.05, 0) is 80.0 Å². The van der Waals surface area contributed by atoms with Gasteiger partial charge in [0.1, 0.15) is 35.1 Å². The van der Waals surface area contributed by atoms with E-state index in [-0.39, 0.29) is 18.4 Å². The van der Waals surface area contributed by atoms with Crippen LogP contribution in [0.5, 0.6) is 11.5 Å². The SMILES string of the molecule is CN1CCCc2c3c(cccc3nn2C)-c2cccc(c2)OC2CC(C1=O)N(C(=O)c1cnn3c1CCCCCOc1cc(F)ccc1-3)C2. The average molecular weight is 663 g/mol. The fourth-order valence-electron chi connectivity index (χ4n) is 7.64. The van der Waals surface area contributed by atoms with Crippen LogP contribution in [-0.2, 0) is 24.7 Å². The summed E-state index contributed by atoms with van der Waals surface area (Å²) in [6, 6.07) is 17.9. The van der Waals surface area contributed by atoms with E-state index in [0.29, 0.717) is 48.7 Å². The molecule has 1 saturated heterocycles. The lowest BCUT2D eigenvalue weighted by Gasteiger charge is -2.28. The number of nitrogens with zero attached hydrogens (tertiary/aromatic N) is 6. The second-order valence-electron chi connectivity index (χ2n) is 13.3. The van der Waals surface area contributed by atoms with E-state index in [4.69, 9.17) is 14.6 Å². The van der Waals surface area contributed by atoms with Gasteiger partial charge in [0.25, 0.3) is 5.91 Å². The van der Waals surface area contributed by atoms with Crippen LogP contribution in [0.2, 0.25) is 0 Å². The van der Waals surface area contributed by atoms with Crippen molar-refractivity contribution in [3.8, 4) is 28.3 Å². The predicted octanol–water partition coefficient (Wildman–Crippen LogP) is 5.74. The maximum atomic E-state index is 14.6. The van der Waals surface area contributed by atoms with Gasteiger partial charge < -0.3 is 19.3 Å². The van der Waals surface area contributed by atoms with Crippen LogP contribution < -0.4 is 9.47 Å². The maximum Gasteiger partial charge on any atom is 0.258 e. The molecule has 0 spiro atoms. The largest absolute Gasteiger partial charge is 0.491 e. The number of carbonyl (C=O) groups excluding carboxylic acids is 2. The van der Waals surface area contributed by atoms with E-state index in [2.05, 4.69) is 17.2 Å². The number of likely N-dealkylation sites (N-methyl/N-ethyl adjacent to an activating group) is 1. The summed E-state index contributed by atoms with van der Waals surface area (Å²) in [6.07, 6.45) is 6.20. The Labute approximate surface area is 284 Å². The Bertz CT molecular complexity index is 2070. The molecule has 3 aliphatic rings. The molecular weight excluding hydrogens is 623 g/mol. The van der Waals surface area contributed by atoms with Crippen molar-refractivity contribution in [2.24, 2.45) is 7.05 Å². The van der Waals surface area contributed by atoms with Gasteiger partial charge in [-0.1, -0.05) is 24.3 Å². The third-order valence-electron chi connectivity index (χ3n) is 10.1. The van der Waals surface area contributed by atoms with E-state index in [0.717, 1.165) is 65.5 Å². The quantitative estimate of drug-likeness (QED) is 0.228. The number of hydrogen-bond acceptors (Lipinski definition) is 6. The molecule has 2 unspecified atom stereocenters. The van der Waals surface area contributed by atoms with Gasteiger partial charge in [0.2, 0.25) is 5.91 Å². The fourth-order valence-corrected chi connectivity index (χ4v) is 7.64. The standard InChI is InChI=1S/C38H39FN6O4/c1-42-17-8-14-33-36-28(11-7-12-30(36)41-43(33)2)24-9-6-10-26(19-24)49-27-21-34(38(42)47)44(23-27)37(46)29-22-40-45-31(29)13-4-3-5-18-48-35-20-25(39)15-16-32(35)45/h6-7,9-12,15-16,19-20,22,27,34H,3-5,8,13-14,17-18,21,23H2,1-2H3. The zero-order valence-electron chi connectivity index (χ0n) is 27.8. The summed E-state index contributed by atoms with van der Waals surface area (Å²) < 4.78 is 30.4. The average Bonchev–Trinajstić information content (AvgIpc) is 3.80. The van der Waals surface area contributed by atoms with Gasteiger partial charge in [0.05, 0.1) is 36.1 Å². The van der Waals surface area contributed by atoms with Crippen LogP contribution in [0.15, 0.2) is 66.9 Å². The lowest BCUT2D eigenvalue weighted by Crippen LogP contribution is -2.47. The summed E-state index contributed by atoms with van der Waals surface area (Å²) in [4.78, 5) is 32.1. The first-order valence-electron chi connectivity index (χ1n) is 17.1. The molecule has 0 N–H and O–H groups in total. The molecule has 3 aliphatic heterocycles. The number of hydrogen-bond donors (Lipinski definition) is 0. The number of rotatable bonds is 1. The van der Waals surface area contributed by atoms with E-state index in [1.165, 1.54) is 12.1 Å². The lowest BCUT2D eigenvalue weighted by molar-refractivity contribution is -0.134.